The van der Waals surface area contributed by atoms with Gasteiger partial charge in [0.1, 0.15) is 11.6 Å². The number of sulfonamides is 1. The molecule has 0 aliphatic rings. The quantitative estimate of drug-likeness (QED) is 0.808. The van der Waals surface area contributed by atoms with Gasteiger partial charge in [-0.05, 0) is 12.1 Å². The predicted octanol–water partition coefficient (Wildman–Crippen LogP) is 0.812. The molecule has 1 aromatic heterocycles. The Morgan fingerprint density at radius 2 is 2.11 bits per heavy atom. The maximum Gasteiger partial charge on any atom is 0.263 e. The van der Waals surface area contributed by atoms with Crippen LogP contribution in [-0.4, -0.2) is 25.3 Å². The summed E-state index contributed by atoms with van der Waals surface area (Å²) in [6.45, 7) is 0. The summed E-state index contributed by atoms with van der Waals surface area (Å²) in [5.74, 6) is 0.684. The molecule has 0 spiro atoms. The lowest BCUT2D eigenvalue weighted by Gasteiger charge is -2.10. The lowest BCUT2D eigenvalue weighted by atomic mass is 10.3. The van der Waals surface area contributed by atoms with Crippen LogP contribution in [0.1, 0.15) is 0 Å². The monoisotopic (exact) mass is 282 g/mol. The molecular weight excluding hydrogens is 268 g/mol. The van der Waals surface area contributed by atoms with Gasteiger partial charge in [0, 0.05) is 19.2 Å². The average Bonchev–Trinajstić information content (AvgIpc) is 2.74. The van der Waals surface area contributed by atoms with Gasteiger partial charge in [-0.1, -0.05) is 0 Å². The van der Waals surface area contributed by atoms with E-state index in [1.807, 2.05) is 0 Å². The second kappa shape index (κ2) is 4.81. The highest BCUT2D eigenvalue weighted by atomic mass is 32.2. The van der Waals surface area contributed by atoms with Crippen molar-refractivity contribution in [1.29, 1.82) is 0 Å². The summed E-state index contributed by atoms with van der Waals surface area (Å²) >= 11 is 0. The van der Waals surface area contributed by atoms with Gasteiger partial charge < -0.3 is 10.5 Å². The summed E-state index contributed by atoms with van der Waals surface area (Å²) in [6, 6.07) is 5.83. The van der Waals surface area contributed by atoms with Crippen LogP contribution in [0.3, 0.4) is 0 Å². The molecule has 0 aliphatic heterocycles. The van der Waals surface area contributed by atoms with Gasteiger partial charge in [0.2, 0.25) is 0 Å². The third-order valence-electron chi connectivity index (χ3n) is 2.58. The van der Waals surface area contributed by atoms with Crippen molar-refractivity contribution >= 4 is 21.5 Å². The van der Waals surface area contributed by atoms with E-state index in [0.717, 1.165) is 0 Å². The lowest BCUT2D eigenvalue weighted by Crippen LogP contribution is -2.15. The topological polar surface area (TPSA) is 99.2 Å². The van der Waals surface area contributed by atoms with Gasteiger partial charge in [-0.3, -0.25) is 9.40 Å². The number of nitrogens with one attached hydrogen (secondary N) is 1. The molecule has 3 N–H and O–H groups in total. The highest BCUT2D eigenvalue weighted by Gasteiger charge is 2.17. The smallest absolute Gasteiger partial charge is 0.263 e. The maximum absolute atomic E-state index is 12.2. The Morgan fingerprint density at radius 1 is 1.37 bits per heavy atom. The molecule has 0 fully saturated rings. The van der Waals surface area contributed by atoms with Gasteiger partial charge in [-0.25, -0.2) is 8.42 Å². The van der Waals surface area contributed by atoms with Crippen LogP contribution in [0.2, 0.25) is 0 Å². The number of nitrogens with two attached hydrogens (primary N) is 1. The summed E-state index contributed by atoms with van der Waals surface area (Å²) in [6.07, 6.45) is 1.50. The fourth-order valence-electron chi connectivity index (χ4n) is 1.53. The van der Waals surface area contributed by atoms with Gasteiger partial charge in [0.15, 0.2) is 0 Å². The van der Waals surface area contributed by atoms with Crippen LogP contribution < -0.4 is 15.2 Å². The predicted molar refractivity (Wildman–Crippen MR) is 71.4 cm³/mol. The Kier molecular flexibility index (Phi) is 3.34. The van der Waals surface area contributed by atoms with Crippen molar-refractivity contribution in [3.8, 4) is 5.75 Å². The molecule has 0 saturated carbocycles. The first kappa shape index (κ1) is 13.2. The minimum Gasteiger partial charge on any atom is -0.495 e. The average molecular weight is 282 g/mol. The zero-order valence-electron chi connectivity index (χ0n) is 10.5. The summed E-state index contributed by atoms with van der Waals surface area (Å²) in [5, 5.41) is 3.89. The number of benzene rings is 1. The normalized spacial score (nSPS) is 11.3. The SMILES string of the molecule is COc1cc(S(=O)(=O)Nc2ccnn2C)ccc1N. The van der Waals surface area contributed by atoms with E-state index in [2.05, 4.69) is 9.82 Å². The van der Waals surface area contributed by atoms with E-state index in [-0.39, 0.29) is 4.90 Å². The molecule has 2 rings (SSSR count). The van der Waals surface area contributed by atoms with Gasteiger partial charge in [0.05, 0.1) is 23.9 Å². The second-order valence-corrected chi connectivity index (χ2v) is 5.53. The van der Waals surface area contributed by atoms with Crippen LogP contribution in [0.5, 0.6) is 5.75 Å². The number of aryl methyl sites for hydroxylation is 1. The Balaban J connectivity index is 2.37. The molecule has 0 aliphatic carbocycles. The van der Waals surface area contributed by atoms with Crippen LogP contribution in [0.4, 0.5) is 11.5 Å². The molecule has 0 amide bonds. The van der Waals surface area contributed by atoms with Crippen LogP contribution >= 0.6 is 0 Å². The number of nitrogen functional groups attached to an aromatic ring is 1. The fourth-order valence-corrected chi connectivity index (χ4v) is 2.63. The number of ether oxygens (including phenoxy) is 1. The molecule has 7 nitrogen and oxygen atoms in total. The molecule has 0 saturated heterocycles. The third-order valence-corrected chi connectivity index (χ3v) is 3.93. The first-order valence-electron chi connectivity index (χ1n) is 5.38. The molecule has 1 heterocycles. The minimum absolute atomic E-state index is 0.0692. The number of rotatable bonds is 4. The maximum atomic E-state index is 12.2. The van der Waals surface area contributed by atoms with Crippen molar-refractivity contribution in [1.82, 2.24) is 9.78 Å². The zero-order chi connectivity index (χ0) is 14.0. The molecule has 2 aromatic rings. The number of aromatic nitrogens is 2. The van der Waals surface area contributed by atoms with Gasteiger partial charge >= 0.3 is 0 Å². The standard InChI is InChI=1S/C11H14N4O3S/c1-15-11(5-6-13-15)14-19(16,17)8-3-4-9(12)10(7-8)18-2/h3-7,14H,12H2,1-2H3. The van der Waals surface area contributed by atoms with Gasteiger partial charge in [-0.2, -0.15) is 5.10 Å². The second-order valence-electron chi connectivity index (χ2n) is 3.85. The molecule has 19 heavy (non-hydrogen) atoms. The van der Waals surface area contributed by atoms with Gasteiger partial charge in [0.25, 0.3) is 10.0 Å². The number of anilines is 2. The largest absolute Gasteiger partial charge is 0.495 e. The zero-order valence-corrected chi connectivity index (χ0v) is 11.3. The summed E-state index contributed by atoms with van der Waals surface area (Å²) in [4.78, 5) is 0.0692. The van der Waals surface area contributed by atoms with E-state index in [1.165, 1.54) is 36.2 Å². The third kappa shape index (κ3) is 2.63. The Bertz CT molecular complexity index is 694. The molecule has 102 valence electrons. The van der Waals surface area contributed by atoms with Crippen molar-refractivity contribution in [3.05, 3.63) is 30.5 Å². The number of hydrogen-bond donors (Lipinski definition) is 2. The highest BCUT2D eigenvalue weighted by Crippen LogP contribution is 2.25. The number of methoxy groups -OCH3 is 1. The Hall–Kier alpha value is -2.22. The molecule has 0 radical (unpaired) electrons. The van der Waals surface area contributed by atoms with E-state index in [9.17, 15) is 8.42 Å². The van der Waals surface area contributed by atoms with E-state index < -0.39 is 10.0 Å². The Morgan fingerprint density at radius 3 is 2.68 bits per heavy atom. The van der Waals surface area contributed by atoms with Crippen molar-refractivity contribution in [2.45, 2.75) is 4.90 Å². The first-order chi connectivity index (χ1) is 8.94. The van der Waals surface area contributed by atoms with Crippen LogP contribution in [0.25, 0.3) is 0 Å². The van der Waals surface area contributed by atoms with E-state index in [0.29, 0.717) is 17.3 Å². The molecular formula is C11H14N4O3S. The van der Waals surface area contributed by atoms with E-state index in [1.54, 1.807) is 13.1 Å². The fraction of sp³-hybridized carbons (Fsp3) is 0.182. The number of nitrogens with zero attached hydrogens (tertiary/aromatic N) is 2. The van der Waals surface area contributed by atoms with E-state index >= 15 is 0 Å². The minimum atomic E-state index is -3.70. The summed E-state index contributed by atoms with van der Waals surface area (Å²) in [5.41, 5.74) is 6.03. The van der Waals surface area contributed by atoms with Crippen molar-refractivity contribution in [2.75, 3.05) is 17.6 Å². The van der Waals surface area contributed by atoms with Crippen molar-refractivity contribution < 1.29 is 13.2 Å². The van der Waals surface area contributed by atoms with Gasteiger partial charge in [-0.15, -0.1) is 0 Å². The summed E-state index contributed by atoms with van der Waals surface area (Å²) in [7, 11) is -0.634. The molecule has 1 aromatic carbocycles. The Labute approximate surface area is 111 Å². The number of hydrogen-bond acceptors (Lipinski definition) is 5. The van der Waals surface area contributed by atoms with Crippen LogP contribution in [0.15, 0.2) is 35.4 Å². The van der Waals surface area contributed by atoms with Crippen LogP contribution in [-0.2, 0) is 17.1 Å². The molecule has 0 unspecified atom stereocenters. The summed E-state index contributed by atoms with van der Waals surface area (Å²) < 4.78 is 33.2. The van der Waals surface area contributed by atoms with Crippen molar-refractivity contribution in [3.63, 3.8) is 0 Å². The van der Waals surface area contributed by atoms with Crippen molar-refractivity contribution in [2.24, 2.45) is 7.05 Å². The van der Waals surface area contributed by atoms with Crippen LogP contribution in [0, 0.1) is 0 Å². The lowest BCUT2D eigenvalue weighted by molar-refractivity contribution is 0.415. The first-order valence-corrected chi connectivity index (χ1v) is 6.86. The van der Waals surface area contributed by atoms with E-state index in [4.69, 9.17) is 10.5 Å². The molecule has 0 bridgehead atoms. The molecule has 8 heteroatoms. The highest BCUT2D eigenvalue weighted by molar-refractivity contribution is 7.92. The molecule has 0 atom stereocenters.